The van der Waals surface area contributed by atoms with Crippen molar-refractivity contribution in [1.29, 1.82) is 0 Å². The van der Waals surface area contributed by atoms with Crippen LogP contribution in [0.25, 0.3) is 0 Å². The molecule has 0 saturated heterocycles. The molecule has 10 heteroatoms. The molecule has 3 aromatic rings. The number of anilines is 2. The molecule has 0 atom stereocenters. The maximum absolute atomic E-state index is 13.3. The van der Waals surface area contributed by atoms with E-state index in [-0.39, 0.29) is 21.0 Å². The molecule has 0 aliphatic heterocycles. The van der Waals surface area contributed by atoms with E-state index in [1.165, 1.54) is 54.6 Å². The van der Waals surface area contributed by atoms with Gasteiger partial charge in [-0.15, -0.1) is 0 Å². The highest BCUT2D eigenvalue weighted by molar-refractivity contribution is 7.92. The van der Waals surface area contributed by atoms with Crippen LogP contribution in [0.4, 0.5) is 15.8 Å². The molecule has 0 fully saturated rings. The number of hydrogen-bond donors (Lipinski definition) is 2. The van der Waals surface area contributed by atoms with Gasteiger partial charge in [-0.3, -0.25) is 9.52 Å². The van der Waals surface area contributed by atoms with Gasteiger partial charge in [-0.25, -0.2) is 21.2 Å². The predicted octanol–water partition coefficient (Wildman–Crippen LogP) is 3.59. The van der Waals surface area contributed by atoms with E-state index in [1.807, 2.05) is 0 Å². The van der Waals surface area contributed by atoms with Gasteiger partial charge in [-0.05, 0) is 67.1 Å². The number of nitrogens with one attached hydrogen (secondary N) is 2. The lowest BCUT2D eigenvalue weighted by molar-refractivity contribution is 0.102. The number of amides is 1. The van der Waals surface area contributed by atoms with Crippen LogP contribution in [-0.2, 0) is 19.9 Å². The number of benzene rings is 3. The van der Waals surface area contributed by atoms with Crippen molar-refractivity contribution in [2.75, 3.05) is 16.3 Å². The molecule has 0 aliphatic carbocycles. The maximum Gasteiger partial charge on any atom is 0.261 e. The summed E-state index contributed by atoms with van der Waals surface area (Å²) in [4.78, 5) is 12.5. The van der Waals surface area contributed by atoms with Gasteiger partial charge in [0, 0.05) is 17.5 Å². The van der Waals surface area contributed by atoms with Gasteiger partial charge < -0.3 is 5.32 Å². The summed E-state index contributed by atoms with van der Waals surface area (Å²) in [6.07, 6.45) is 1.05. The molecule has 0 aromatic heterocycles. The fourth-order valence-corrected chi connectivity index (χ4v) is 4.45. The van der Waals surface area contributed by atoms with E-state index >= 15 is 0 Å². The first-order valence-electron chi connectivity index (χ1n) is 8.96. The number of carbonyl (C=O) groups excluding carboxylic acids is 1. The summed E-state index contributed by atoms with van der Waals surface area (Å²) in [5, 5.41) is 2.61. The Hall–Kier alpha value is -3.24. The lowest BCUT2D eigenvalue weighted by atomic mass is 10.1. The third-order valence-electron chi connectivity index (χ3n) is 4.38. The van der Waals surface area contributed by atoms with E-state index in [1.54, 1.807) is 13.0 Å². The van der Waals surface area contributed by atoms with E-state index in [9.17, 15) is 26.0 Å². The van der Waals surface area contributed by atoms with Crippen LogP contribution in [0.15, 0.2) is 76.5 Å². The Kier molecular flexibility index (Phi) is 6.14. The smallest absolute Gasteiger partial charge is 0.261 e. The van der Waals surface area contributed by atoms with E-state index in [2.05, 4.69) is 10.0 Å². The molecule has 0 saturated carbocycles. The minimum absolute atomic E-state index is 0.0214. The van der Waals surface area contributed by atoms with E-state index in [0.717, 1.165) is 12.3 Å². The quantitative estimate of drug-likeness (QED) is 0.582. The van der Waals surface area contributed by atoms with Crippen LogP contribution in [0.1, 0.15) is 15.9 Å². The predicted molar refractivity (Wildman–Crippen MR) is 116 cm³/mol. The maximum atomic E-state index is 13.3. The van der Waals surface area contributed by atoms with Crippen molar-refractivity contribution in [1.82, 2.24) is 0 Å². The SMILES string of the molecule is Cc1ccc(S(C)(=O)=O)cc1C(=O)Nc1ccc(S(=O)(=O)Nc2cccc(F)c2)cc1. The average molecular weight is 463 g/mol. The van der Waals surface area contributed by atoms with Gasteiger partial charge in [0.1, 0.15) is 5.82 Å². The largest absolute Gasteiger partial charge is 0.322 e. The fraction of sp³-hybridized carbons (Fsp3) is 0.0952. The fourth-order valence-electron chi connectivity index (χ4n) is 2.76. The summed E-state index contributed by atoms with van der Waals surface area (Å²) in [6.45, 7) is 1.68. The molecule has 162 valence electrons. The second-order valence-electron chi connectivity index (χ2n) is 6.84. The lowest BCUT2D eigenvalue weighted by Gasteiger charge is -2.11. The molecular weight excluding hydrogens is 443 g/mol. The number of rotatable bonds is 6. The van der Waals surface area contributed by atoms with Crippen LogP contribution in [-0.4, -0.2) is 29.0 Å². The van der Waals surface area contributed by atoms with Gasteiger partial charge in [0.15, 0.2) is 9.84 Å². The van der Waals surface area contributed by atoms with Crippen LogP contribution < -0.4 is 10.0 Å². The van der Waals surface area contributed by atoms with Gasteiger partial charge >= 0.3 is 0 Å². The number of carbonyl (C=O) groups is 1. The van der Waals surface area contributed by atoms with Crippen LogP contribution >= 0.6 is 0 Å². The number of hydrogen-bond acceptors (Lipinski definition) is 5. The topological polar surface area (TPSA) is 109 Å². The highest BCUT2D eigenvalue weighted by atomic mass is 32.2. The van der Waals surface area contributed by atoms with Gasteiger partial charge in [0.2, 0.25) is 0 Å². The average Bonchev–Trinajstić information content (AvgIpc) is 2.67. The second kappa shape index (κ2) is 8.48. The molecule has 2 N–H and O–H groups in total. The van der Waals surface area contributed by atoms with Crippen molar-refractivity contribution < 1.29 is 26.0 Å². The zero-order valence-corrected chi connectivity index (χ0v) is 18.2. The molecule has 0 heterocycles. The number of halogens is 1. The van der Waals surface area contributed by atoms with E-state index < -0.39 is 31.6 Å². The first kappa shape index (κ1) is 22.4. The Labute approximate surface area is 179 Å². The standard InChI is InChI=1S/C21H19FN2O5S2/c1-14-6-9-19(30(2,26)27)13-20(14)21(25)23-16-7-10-18(11-8-16)31(28,29)24-17-5-3-4-15(22)12-17/h3-13,24H,1-2H3,(H,23,25). The molecule has 0 radical (unpaired) electrons. The monoisotopic (exact) mass is 462 g/mol. The normalized spacial score (nSPS) is 11.7. The zero-order valence-electron chi connectivity index (χ0n) is 16.6. The van der Waals surface area contributed by atoms with Gasteiger partial charge in [0.25, 0.3) is 15.9 Å². The molecule has 7 nitrogen and oxygen atoms in total. The highest BCUT2D eigenvalue weighted by Crippen LogP contribution is 2.21. The van der Waals surface area contributed by atoms with Crippen molar-refractivity contribution in [3.05, 3.63) is 83.7 Å². The molecule has 3 rings (SSSR count). The molecule has 0 aliphatic rings. The van der Waals surface area contributed by atoms with Gasteiger partial charge in [0.05, 0.1) is 15.5 Å². The third-order valence-corrected chi connectivity index (χ3v) is 6.89. The van der Waals surface area contributed by atoms with Crippen molar-refractivity contribution in [2.24, 2.45) is 0 Å². The minimum atomic E-state index is -3.95. The van der Waals surface area contributed by atoms with Crippen molar-refractivity contribution in [3.8, 4) is 0 Å². The Morgan fingerprint density at radius 3 is 2.10 bits per heavy atom. The first-order valence-corrected chi connectivity index (χ1v) is 12.3. The lowest BCUT2D eigenvalue weighted by Crippen LogP contribution is -2.15. The summed E-state index contributed by atoms with van der Waals surface area (Å²) in [5.74, 6) is -1.11. The molecular formula is C21H19FN2O5S2. The first-order chi connectivity index (χ1) is 14.5. The van der Waals surface area contributed by atoms with E-state index in [4.69, 9.17) is 0 Å². The Morgan fingerprint density at radius 1 is 0.839 bits per heavy atom. The molecule has 1 amide bonds. The highest BCUT2D eigenvalue weighted by Gasteiger charge is 2.17. The Bertz CT molecular complexity index is 1350. The molecule has 0 spiro atoms. The molecule has 0 bridgehead atoms. The summed E-state index contributed by atoms with van der Waals surface area (Å²) in [5.41, 5.74) is 1.17. The van der Waals surface area contributed by atoms with Crippen LogP contribution in [0.2, 0.25) is 0 Å². The van der Waals surface area contributed by atoms with Crippen molar-refractivity contribution >= 4 is 37.1 Å². The Morgan fingerprint density at radius 2 is 1.48 bits per heavy atom. The van der Waals surface area contributed by atoms with Gasteiger partial charge in [-0.2, -0.15) is 0 Å². The van der Waals surface area contributed by atoms with Crippen LogP contribution in [0.5, 0.6) is 0 Å². The number of aryl methyl sites for hydroxylation is 1. The van der Waals surface area contributed by atoms with Crippen LogP contribution in [0.3, 0.4) is 0 Å². The minimum Gasteiger partial charge on any atom is -0.322 e. The molecule has 31 heavy (non-hydrogen) atoms. The third kappa shape index (κ3) is 5.47. The van der Waals surface area contributed by atoms with Crippen LogP contribution in [0, 0.1) is 12.7 Å². The zero-order chi connectivity index (χ0) is 22.8. The number of sulfone groups is 1. The summed E-state index contributed by atoms with van der Waals surface area (Å²) in [7, 11) is -7.43. The summed E-state index contributed by atoms with van der Waals surface area (Å²) in [6, 6.07) is 14.7. The summed E-state index contributed by atoms with van der Waals surface area (Å²) < 4.78 is 64.0. The number of sulfonamides is 1. The van der Waals surface area contributed by atoms with E-state index in [0.29, 0.717) is 11.3 Å². The Balaban J connectivity index is 1.78. The molecule has 3 aromatic carbocycles. The summed E-state index contributed by atoms with van der Waals surface area (Å²) >= 11 is 0. The van der Waals surface area contributed by atoms with Crippen molar-refractivity contribution in [2.45, 2.75) is 16.7 Å². The second-order valence-corrected chi connectivity index (χ2v) is 10.5. The molecule has 0 unspecified atom stereocenters. The van der Waals surface area contributed by atoms with Gasteiger partial charge in [-0.1, -0.05) is 12.1 Å². The van der Waals surface area contributed by atoms with Crippen molar-refractivity contribution in [3.63, 3.8) is 0 Å².